The molecular weight excluding hydrogens is 953 g/mol. The number of ether oxygens (including phenoxy) is 2. The molecule has 0 bridgehead atoms. The van der Waals surface area contributed by atoms with Crippen LogP contribution in [0.25, 0.3) is 0 Å². The minimum Gasteiger partial charge on any atom is -0.494 e. The second-order valence-corrected chi connectivity index (χ2v) is 17.3. The Hall–Kier alpha value is -9.20. The maximum Gasteiger partial charge on any atom is 0.247 e. The molecule has 4 amide bonds. The zero-order chi connectivity index (χ0) is 52.7. The quantitative estimate of drug-likeness (QED) is 0.0499. The van der Waals surface area contributed by atoms with Crippen molar-refractivity contribution in [1.82, 2.24) is 29.7 Å². The van der Waals surface area contributed by atoms with E-state index in [4.69, 9.17) is 9.47 Å². The molecule has 0 aliphatic carbocycles. The molecule has 4 aromatic carbocycles. The van der Waals surface area contributed by atoms with Crippen LogP contribution in [-0.2, 0) is 19.2 Å². The first-order chi connectivity index (χ1) is 35.7. The smallest absolute Gasteiger partial charge is 0.247 e. The number of piperazine rings is 2. The number of amides is 4. The molecule has 75 heavy (non-hydrogen) atoms. The lowest BCUT2D eigenvalue weighted by Crippen LogP contribution is -2.48. The lowest BCUT2D eigenvalue weighted by molar-refractivity contribution is -0.129. The molecule has 2 aromatic heterocycles. The van der Waals surface area contributed by atoms with Gasteiger partial charge in [0.2, 0.25) is 35.5 Å². The molecule has 2 aliphatic heterocycles. The van der Waals surface area contributed by atoms with Gasteiger partial charge >= 0.3 is 0 Å². The van der Waals surface area contributed by atoms with Gasteiger partial charge in [-0.3, -0.25) is 19.2 Å². The van der Waals surface area contributed by atoms with Crippen molar-refractivity contribution in [3.8, 4) is 11.5 Å². The van der Waals surface area contributed by atoms with E-state index >= 15 is 0 Å². The second kappa shape index (κ2) is 26.0. The SMILES string of the molecule is C.C=CC(=O)Nc1cccc(Nc2nc(Nc3ccc(N4CCN(C(C)=O)CC4)cc3OC)ncc2C)c1.C=CC(=O)Nc1cccc(Nc2nc(Nc3ccc(N4CCN(C(C)=O)CC4)cc3OC)ncc2C)c1. The van der Waals surface area contributed by atoms with Gasteiger partial charge in [-0.1, -0.05) is 32.7 Å². The highest BCUT2D eigenvalue weighted by Crippen LogP contribution is 2.34. The summed E-state index contributed by atoms with van der Waals surface area (Å²) in [5, 5.41) is 18.6. The molecule has 392 valence electrons. The summed E-state index contributed by atoms with van der Waals surface area (Å²) in [4.78, 5) is 72.8. The summed E-state index contributed by atoms with van der Waals surface area (Å²) in [7, 11) is 3.25. The number of nitrogens with one attached hydrogen (secondary N) is 6. The number of carbonyl (C=O) groups is 4. The monoisotopic (exact) mass is 1020 g/mol. The first-order valence-electron chi connectivity index (χ1n) is 23.9. The number of nitrogens with zero attached hydrogens (tertiary/aromatic N) is 8. The molecule has 2 fully saturated rings. The Bertz CT molecular complexity index is 2810. The molecule has 2 saturated heterocycles. The largest absolute Gasteiger partial charge is 0.494 e. The standard InChI is InChI=1S/2C27H31N7O3.CH4/c2*1-5-25(36)29-20-7-6-8-21(15-20)30-26-18(2)17-28-27(32-26)31-23-10-9-22(16-24(23)37-4)34-13-11-33(12-14-34)19(3)35;/h2*5-10,15-17H,1,11-14H2,2-4H3,(H,29,36)(H2,28,30,31,32);1H4. The molecule has 0 saturated carbocycles. The van der Waals surface area contributed by atoms with Gasteiger partial charge in [0.1, 0.15) is 23.1 Å². The third-order valence-electron chi connectivity index (χ3n) is 12.1. The maximum absolute atomic E-state index is 11.6. The summed E-state index contributed by atoms with van der Waals surface area (Å²) < 4.78 is 11.3. The van der Waals surface area contributed by atoms with Gasteiger partial charge in [-0.05, 0) is 86.7 Å². The van der Waals surface area contributed by atoms with E-state index in [-0.39, 0.29) is 31.1 Å². The lowest BCUT2D eigenvalue weighted by atomic mass is 10.2. The Morgan fingerprint density at radius 3 is 1.25 bits per heavy atom. The molecule has 2 aliphatic rings. The van der Waals surface area contributed by atoms with E-state index in [9.17, 15) is 19.2 Å². The predicted octanol–water partition coefficient (Wildman–Crippen LogP) is 8.78. The van der Waals surface area contributed by atoms with E-state index in [0.717, 1.165) is 71.4 Å². The molecule has 0 radical (unpaired) electrons. The van der Waals surface area contributed by atoms with Crippen molar-refractivity contribution in [3.63, 3.8) is 0 Å². The van der Waals surface area contributed by atoms with Crippen molar-refractivity contribution in [2.45, 2.75) is 35.1 Å². The fourth-order valence-corrected chi connectivity index (χ4v) is 8.03. The summed E-state index contributed by atoms with van der Waals surface area (Å²) in [6, 6.07) is 26.5. The van der Waals surface area contributed by atoms with Crippen LogP contribution < -0.4 is 51.2 Å². The van der Waals surface area contributed by atoms with Gasteiger partial charge in [-0.25, -0.2) is 9.97 Å². The molecule has 6 aromatic rings. The highest BCUT2D eigenvalue weighted by Gasteiger charge is 2.22. The average molecular weight is 1020 g/mol. The number of hydrogen-bond donors (Lipinski definition) is 6. The molecule has 6 N–H and O–H groups in total. The van der Waals surface area contributed by atoms with Crippen molar-refractivity contribution >= 4 is 92.7 Å². The van der Waals surface area contributed by atoms with E-state index in [1.54, 1.807) is 52.6 Å². The number of aryl methyl sites for hydroxylation is 2. The fraction of sp³-hybridized carbons (Fsp3) is 0.273. The van der Waals surface area contributed by atoms with Gasteiger partial charge in [0.15, 0.2) is 0 Å². The highest BCUT2D eigenvalue weighted by molar-refractivity contribution is 5.99. The van der Waals surface area contributed by atoms with Gasteiger partial charge < -0.3 is 61.0 Å². The third kappa shape index (κ3) is 14.9. The Kier molecular flexibility index (Phi) is 19.1. The molecule has 20 heteroatoms. The van der Waals surface area contributed by atoms with Crippen LogP contribution in [0.1, 0.15) is 32.4 Å². The topological polar surface area (TPSA) is 223 Å². The van der Waals surface area contributed by atoms with Gasteiger partial charge in [0.05, 0.1) is 25.6 Å². The van der Waals surface area contributed by atoms with Crippen molar-refractivity contribution in [2.75, 3.05) is 108 Å². The van der Waals surface area contributed by atoms with Crippen LogP contribution in [0.4, 0.5) is 69.0 Å². The summed E-state index contributed by atoms with van der Waals surface area (Å²) in [6.07, 6.45) is 5.91. The Labute approximate surface area is 438 Å². The average Bonchev–Trinajstić information content (AvgIpc) is 3.41. The molecule has 4 heterocycles. The number of aromatic nitrogens is 4. The van der Waals surface area contributed by atoms with Gasteiger partial charge in [0, 0.05) is 136 Å². The minimum atomic E-state index is -0.278. The van der Waals surface area contributed by atoms with Crippen LogP contribution in [-0.4, -0.2) is 120 Å². The third-order valence-corrected chi connectivity index (χ3v) is 12.1. The molecular formula is C55H66N14O6. The Morgan fingerprint density at radius 2 is 0.907 bits per heavy atom. The van der Waals surface area contributed by atoms with Crippen LogP contribution in [0.15, 0.2) is 123 Å². The van der Waals surface area contributed by atoms with Crippen LogP contribution in [0.5, 0.6) is 11.5 Å². The summed E-state index contributed by atoms with van der Waals surface area (Å²) in [5.74, 6) is 3.06. The maximum atomic E-state index is 11.6. The van der Waals surface area contributed by atoms with Crippen molar-refractivity contribution in [1.29, 1.82) is 0 Å². The van der Waals surface area contributed by atoms with Gasteiger partial charge in [-0.2, -0.15) is 9.97 Å². The molecule has 8 rings (SSSR count). The van der Waals surface area contributed by atoms with Crippen LogP contribution in [0.3, 0.4) is 0 Å². The molecule has 0 spiro atoms. The molecule has 0 unspecified atom stereocenters. The molecule has 0 atom stereocenters. The van der Waals surface area contributed by atoms with Gasteiger partial charge in [-0.15, -0.1) is 0 Å². The zero-order valence-corrected chi connectivity index (χ0v) is 42.5. The number of benzene rings is 4. The summed E-state index contributed by atoms with van der Waals surface area (Å²) in [5.41, 5.74) is 8.07. The first-order valence-corrected chi connectivity index (χ1v) is 23.9. The molecule has 20 nitrogen and oxygen atoms in total. The van der Waals surface area contributed by atoms with E-state index in [0.29, 0.717) is 72.6 Å². The number of methoxy groups -OCH3 is 2. The highest BCUT2D eigenvalue weighted by atomic mass is 16.5. The van der Waals surface area contributed by atoms with Gasteiger partial charge in [0.25, 0.3) is 0 Å². The zero-order valence-electron chi connectivity index (χ0n) is 42.5. The normalized spacial score (nSPS) is 12.9. The predicted molar refractivity (Wildman–Crippen MR) is 299 cm³/mol. The van der Waals surface area contributed by atoms with E-state index in [1.165, 1.54) is 12.2 Å². The minimum absolute atomic E-state index is 0. The first kappa shape index (κ1) is 55.1. The van der Waals surface area contributed by atoms with Crippen molar-refractivity contribution < 1.29 is 28.7 Å². The van der Waals surface area contributed by atoms with E-state index in [1.807, 2.05) is 96.4 Å². The van der Waals surface area contributed by atoms with Crippen molar-refractivity contribution in [3.05, 3.63) is 134 Å². The van der Waals surface area contributed by atoms with Crippen LogP contribution >= 0.6 is 0 Å². The lowest BCUT2D eigenvalue weighted by Gasteiger charge is -2.35. The number of carbonyl (C=O) groups excluding carboxylic acids is 4. The second-order valence-electron chi connectivity index (χ2n) is 17.3. The fourth-order valence-electron chi connectivity index (χ4n) is 8.03. The van der Waals surface area contributed by atoms with Crippen LogP contribution in [0.2, 0.25) is 0 Å². The van der Waals surface area contributed by atoms with E-state index < -0.39 is 0 Å². The van der Waals surface area contributed by atoms with Crippen LogP contribution in [0, 0.1) is 13.8 Å². The number of anilines is 12. The number of hydrogen-bond acceptors (Lipinski definition) is 16. The van der Waals surface area contributed by atoms with E-state index in [2.05, 4.69) is 74.8 Å². The summed E-state index contributed by atoms with van der Waals surface area (Å²) in [6.45, 7) is 19.9. The Balaban J connectivity index is 0.000000241. The number of rotatable bonds is 16. The van der Waals surface area contributed by atoms with Crippen molar-refractivity contribution in [2.24, 2.45) is 0 Å². The Morgan fingerprint density at radius 1 is 0.533 bits per heavy atom. The summed E-state index contributed by atoms with van der Waals surface area (Å²) >= 11 is 0.